The highest BCUT2D eigenvalue weighted by atomic mass is 16.5. The Labute approximate surface area is 128 Å². The molecule has 2 rings (SSSR count). The SMILES string of the molecule is CCN(CC)C1(C(NN)c2ccccc2OC)CCCC1. The molecule has 0 bridgehead atoms. The number of benzene rings is 1. The highest BCUT2D eigenvalue weighted by Gasteiger charge is 2.46. The van der Waals surface area contributed by atoms with E-state index in [0.29, 0.717) is 0 Å². The van der Waals surface area contributed by atoms with Gasteiger partial charge in [-0.25, -0.2) is 0 Å². The van der Waals surface area contributed by atoms with E-state index in [1.807, 2.05) is 12.1 Å². The van der Waals surface area contributed by atoms with Crippen molar-refractivity contribution < 1.29 is 4.74 Å². The number of hydrazine groups is 1. The first-order chi connectivity index (χ1) is 10.2. The van der Waals surface area contributed by atoms with Gasteiger partial charge in [-0.1, -0.05) is 44.9 Å². The molecule has 1 aliphatic carbocycles. The lowest BCUT2D eigenvalue weighted by molar-refractivity contribution is 0.0617. The maximum atomic E-state index is 6.01. The van der Waals surface area contributed by atoms with Crippen molar-refractivity contribution in [3.8, 4) is 5.75 Å². The average Bonchev–Trinajstić information content (AvgIpc) is 3.00. The van der Waals surface area contributed by atoms with E-state index in [1.54, 1.807) is 7.11 Å². The van der Waals surface area contributed by atoms with Crippen molar-refractivity contribution in [2.45, 2.75) is 51.1 Å². The predicted molar refractivity (Wildman–Crippen MR) is 87.2 cm³/mol. The van der Waals surface area contributed by atoms with E-state index in [0.717, 1.165) is 24.4 Å². The first kappa shape index (κ1) is 16.3. The van der Waals surface area contributed by atoms with Gasteiger partial charge < -0.3 is 4.74 Å². The molecule has 1 unspecified atom stereocenters. The van der Waals surface area contributed by atoms with E-state index in [-0.39, 0.29) is 11.6 Å². The van der Waals surface area contributed by atoms with Crippen LogP contribution in [0.5, 0.6) is 5.75 Å². The number of hydrogen-bond donors (Lipinski definition) is 2. The highest BCUT2D eigenvalue weighted by molar-refractivity contribution is 5.38. The van der Waals surface area contributed by atoms with Crippen LogP contribution in [0.4, 0.5) is 0 Å². The summed E-state index contributed by atoms with van der Waals surface area (Å²) >= 11 is 0. The quantitative estimate of drug-likeness (QED) is 0.599. The molecule has 0 radical (unpaired) electrons. The fraction of sp³-hybridized carbons (Fsp3) is 0.647. The van der Waals surface area contributed by atoms with E-state index in [9.17, 15) is 0 Å². The zero-order chi connectivity index (χ0) is 15.3. The lowest BCUT2D eigenvalue weighted by Gasteiger charge is -2.46. The number of nitrogens with two attached hydrogens (primary N) is 1. The average molecular weight is 291 g/mol. The molecule has 21 heavy (non-hydrogen) atoms. The summed E-state index contributed by atoms with van der Waals surface area (Å²) in [6.07, 6.45) is 4.90. The van der Waals surface area contributed by atoms with Crippen LogP contribution in [-0.4, -0.2) is 30.6 Å². The molecule has 0 aromatic heterocycles. The molecular weight excluding hydrogens is 262 g/mol. The van der Waals surface area contributed by atoms with Gasteiger partial charge in [-0.05, 0) is 32.0 Å². The van der Waals surface area contributed by atoms with Gasteiger partial charge in [0.25, 0.3) is 0 Å². The minimum absolute atomic E-state index is 0.0902. The summed E-state index contributed by atoms with van der Waals surface area (Å²) in [5.41, 5.74) is 4.36. The molecule has 0 aliphatic heterocycles. The summed E-state index contributed by atoms with van der Waals surface area (Å²) in [5, 5.41) is 0. The number of ether oxygens (including phenoxy) is 1. The summed E-state index contributed by atoms with van der Waals surface area (Å²) in [7, 11) is 1.73. The Bertz CT molecular complexity index is 439. The third kappa shape index (κ3) is 2.93. The molecule has 1 fully saturated rings. The molecule has 0 spiro atoms. The van der Waals surface area contributed by atoms with Crippen molar-refractivity contribution in [1.29, 1.82) is 0 Å². The molecule has 1 atom stereocenters. The van der Waals surface area contributed by atoms with Gasteiger partial charge in [-0.3, -0.25) is 16.2 Å². The van der Waals surface area contributed by atoms with Crippen LogP contribution in [0.15, 0.2) is 24.3 Å². The summed E-state index contributed by atoms with van der Waals surface area (Å²) in [6, 6.07) is 8.31. The lowest BCUT2D eigenvalue weighted by atomic mass is 9.81. The molecule has 0 heterocycles. The molecule has 4 heteroatoms. The van der Waals surface area contributed by atoms with Crippen LogP contribution in [0.2, 0.25) is 0 Å². The first-order valence-electron chi connectivity index (χ1n) is 8.07. The molecule has 0 saturated heterocycles. The second-order valence-electron chi connectivity index (χ2n) is 5.82. The fourth-order valence-corrected chi connectivity index (χ4v) is 4.07. The summed E-state index contributed by atoms with van der Waals surface area (Å²) in [6.45, 7) is 6.56. The van der Waals surface area contributed by atoms with Crippen molar-refractivity contribution in [3.05, 3.63) is 29.8 Å². The topological polar surface area (TPSA) is 50.5 Å². The Hall–Kier alpha value is -1.10. The van der Waals surface area contributed by atoms with Gasteiger partial charge in [-0.15, -0.1) is 0 Å². The van der Waals surface area contributed by atoms with Gasteiger partial charge in [-0.2, -0.15) is 0 Å². The number of hydrogen-bond acceptors (Lipinski definition) is 4. The van der Waals surface area contributed by atoms with Crippen LogP contribution in [0, 0.1) is 0 Å². The van der Waals surface area contributed by atoms with Crippen LogP contribution < -0.4 is 16.0 Å². The third-order valence-corrected chi connectivity index (χ3v) is 5.02. The number of nitrogens with zero attached hydrogens (tertiary/aromatic N) is 1. The van der Waals surface area contributed by atoms with Crippen LogP contribution in [-0.2, 0) is 0 Å². The maximum Gasteiger partial charge on any atom is 0.123 e. The first-order valence-corrected chi connectivity index (χ1v) is 8.07. The molecule has 118 valence electrons. The second kappa shape index (κ2) is 7.25. The van der Waals surface area contributed by atoms with E-state index >= 15 is 0 Å². The van der Waals surface area contributed by atoms with E-state index in [2.05, 4.69) is 36.3 Å². The van der Waals surface area contributed by atoms with Crippen molar-refractivity contribution in [3.63, 3.8) is 0 Å². The number of rotatable bonds is 7. The van der Waals surface area contributed by atoms with Crippen molar-refractivity contribution in [2.24, 2.45) is 5.84 Å². The Morgan fingerprint density at radius 3 is 2.38 bits per heavy atom. The molecule has 1 aliphatic rings. The molecule has 1 aromatic rings. The van der Waals surface area contributed by atoms with Gasteiger partial charge in [0.1, 0.15) is 5.75 Å². The summed E-state index contributed by atoms with van der Waals surface area (Å²) in [4.78, 5) is 2.57. The molecule has 1 aromatic carbocycles. The van der Waals surface area contributed by atoms with Crippen LogP contribution >= 0.6 is 0 Å². The smallest absolute Gasteiger partial charge is 0.123 e. The number of methoxy groups -OCH3 is 1. The minimum Gasteiger partial charge on any atom is -0.496 e. The summed E-state index contributed by atoms with van der Waals surface area (Å²) in [5.74, 6) is 6.92. The Kier molecular flexibility index (Phi) is 5.62. The fourth-order valence-electron chi connectivity index (χ4n) is 4.07. The Morgan fingerprint density at radius 2 is 1.86 bits per heavy atom. The monoisotopic (exact) mass is 291 g/mol. The third-order valence-electron chi connectivity index (χ3n) is 5.02. The Morgan fingerprint density at radius 1 is 1.24 bits per heavy atom. The maximum absolute atomic E-state index is 6.01. The second-order valence-corrected chi connectivity index (χ2v) is 5.82. The van der Waals surface area contributed by atoms with Crippen LogP contribution in [0.1, 0.15) is 51.1 Å². The predicted octanol–water partition coefficient (Wildman–Crippen LogP) is 2.85. The number of para-hydroxylation sites is 1. The number of nitrogens with one attached hydrogen (secondary N) is 1. The van der Waals surface area contributed by atoms with Gasteiger partial charge in [0.15, 0.2) is 0 Å². The number of likely N-dealkylation sites (N-methyl/N-ethyl adjacent to an activating group) is 1. The van der Waals surface area contributed by atoms with E-state index in [4.69, 9.17) is 10.6 Å². The van der Waals surface area contributed by atoms with E-state index < -0.39 is 0 Å². The van der Waals surface area contributed by atoms with Crippen molar-refractivity contribution in [2.75, 3.05) is 20.2 Å². The Balaban J connectivity index is 2.45. The normalized spacial score (nSPS) is 18.9. The van der Waals surface area contributed by atoms with Gasteiger partial charge in [0.2, 0.25) is 0 Å². The standard InChI is InChI=1S/C17H29N3O/c1-4-20(5-2)17(12-8-9-13-17)16(19-18)14-10-6-7-11-15(14)21-3/h6-7,10-11,16,19H,4-5,8-9,12-13,18H2,1-3H3. The molecule has 4 nitrogen and oxygen atoms in total. The molecule has 3 N–H and O–H groups in total. The van der Waals surface area contributed by atoms with Gasteiger partial charge >= 0.3 is 0 Å². The highest BCUT2D eigenvalue weighted by Crippen LogP contribution is 2.46. The lowest BCUT2D eigenvalue weighted by Crippen LogP contribution is -2.56. The molecule has 1 saturated carbocycles. The van der Waals surface area contributed by atoms with Crippen molar-refractivity contribution >= 4 is 0 Å². The van der Waals surface area contributed by atoms with Gasteiger partial charge in [0.05, 0.1) is 13.2 Å². The van der Waals surface area contributed by atoms with E-state index in [1.165, 1.54) is 25.7 Å². The summed E-state index contributed by atoms with van der Waals surface area (Å²) < 4.78 is 5.57. The minimum atomic E-state index is 0.0902. The molecular formula is C17H29N3O. The zero-order valence-corrected chi connectivity index (χ0v) is 13.6. The van der Waals surface area contributed by atoms with Gasteiger partial charge in [0, 0.05) is 11.1 Å². The van der Waals surface area contributed by atoms with Crippen molar-refractivity contribution in [1.82, 2.24) is 10.3 Å². The largest absolute Gasteiger partial charge is 0.496 e. The zero-order valence-electron chi connectivity index (χ0n) is 13.6. The van der Waals surface area contributed by atoms with Crippen LogP contribution in [0.3, 0.4) is 0 Å². The van der Waals surface area contributed by atoms with Crippen LogP contribution in [0.25, 0.3) is 0 Å². The molecule has 0 amide bonds.